The number of esters is 1. The number of hydrogen-bond donors (Lipinski definition) is 2. The number of hydrogen-bond acceptors (Lipinski definition) is 4. The topological polar surface area (TPSA) is 84.5 Å². The number of benzene rings is 2. The van der Waals surface area contributed by atoms with Gasteiger partial charge in [-0.05, 0) is 61.6 Å². The normalized spacial score (nSPS) is 28.3. The molecule has 5 atom stereocenters. The van der Waals surface area contributed by atoms with Gasteiger partial charge in [-0.2, -0.15) is 0 Å². The summed E-state index contributed by atoms with van der Waals surface area (Å²) in [5.41, 5.74) is 2.48. The van der Waals surface area contributed by atoms with Crippen molar-refractivity contribution in [3.05, 3.63) is 58.6 Å². The van der Waals surface area contributed by atoms with Gasteiger partial charge in [-0.15, -0.1) is 0 Å². The first-order valence-electron chi connectivity index (χ1n) is 10.1. The van der Waals surface area contributed by atoms with Crippen LogP contribution in [0.3, 0.4) is 0 Å². The van der Waals surface area contributed by atoms with E-state index < -0.39 is 0 Å². The molecule has 30 heavy (non-hydrogen) atoms. The van der Waals surface area contributed by atoms with E-state index in [0.29, 0.717) is 22.0 Å². The first kappa shape index (κ1) is 19.1. The summed E-state index contributed by atoms with van der Waals surface area (Å²) in [6.07, 6.45) is 1.64. The van der Waals surface area contributed by atoms with Crippen molar-refractivity contribution in [1.29, 1.82) is 0 Å². The minimum absolute atomic E-state index is 0.00137. The molecule has 2 N–H and O–H groups in total. The largest absolute Gasteiger partial charge is 0.462 e. The molecule has 3 fully saturated rings. The fraction of sp³-hybridized carbons (Fsp3) is 0.348. The van der Waals surface area contributed by atoms with Crippen LogP contribution in [0.1, 0.15) is 28.8 Å². The van der Waals surface area contributed by atoms with Gasteiger partial charge in [0, 0.05) is 27.9 Å². The monoisotopic (exact) mass is 424 g/mol. The summed E-state index contributed by atoms with van der Waals surface area (Å²) in [7, 11) is 0. The summed E-state index contributed by atoms with van der Waals surface area (Å²) in [6, 6.07) is 12.1. The summed E-state index contributed by atoms with van der Waals surface area (Å²) in [6.45, 7) is 1.89. The third-order valence-electron chi connectivity index (χ3n) is 6.63. The first-order valence-corrected chi connectivity index (χ1v) is 10.5. The van der Waals surface area contributed by atoms with Crippen LogP contribution in [0.2, 0.25) is 5.02 Å². The van der Waals surface area contributed by atoms with E-state index in [1.165, 1.54) is 0 Å². The van der Waals surface area contributed by atoms with Crippen LogP contribution in [0.25, 0.3) is 0 Å². The lowest BCUT2D eigenvalue weighted by Crippen LogP contribution is -2.35. The van der Waals surface area contributed by atoms with E-state index in [1.54, 1.807) is 36.4 Å². The number of fused-ring (bicyclic) bond motifs is 1. The molecule has 0 spiro atoms. The highest BCUT2D eigenvalue weighted by molar-refractivity contribution is 6.31. The average Bonchev–Trinajstić information content (AvgIpc) is 3.33. The second-order valence-electron chi connectivity index (χ2n) is 8.41. The second kappa shape index (κ2) is 7.13. The molecule has 0 aromatic heterocycles. The van der Waals surface area contributed by atoms with Gasteiger partial charge in [-0.3, -0.25) is 14.4 Å². The summed E-state index contributed by atoms with van der Waals surface area (Å²) in [5.74, 6) is -1.02. The zero-order valence-electron chi connectivity index (χ0n) is 16.4. The molecule has 3 aliphatic rings. The molecule has 7 heteroatoms. The Morgan fingerprint density at radius 3 is 2.77 bits per heavy atom. The van der Waals surface area contributed by atoms with E-state index in [9.17, 15) is 14.4 Å². The van der Waals surface area contributed by atoms with E-state index in [2.05, 4.69) is 10.6 Å². The maximum Gasteiger partial charge on any atom is 0.310 e. The van der Waals surface area contributed by atoms with Gasteiger partial charge < -0.3 is 15.4 Å². The van der Waals surface area contributed by atoms with E-state index in [4.69, 9.17) is 16.3 Å². The highest BCUT2D eigenvalue weighted by atomic mass is 35.5. The smallest absolute Gasteiger partial charge is 0.310 e. The van der Waals surface area contributed by atoms with Crippen molar-refractivity contribution in [2.45, 2.75) is 25.9 Å². The quantitative estimate of drug-likeness (QED) is 0.725. The molecule has 1 heterocycles. The fourth-order valence-corrected chi connectivity index (χ4v) is 5.42. The van der Waals surface area contributed by atoms with Crippen LogP contribution < -0.4 is 10.6 Å². The van der Waals surface area contributed by atoms with Crippen LogP contribution in [-0.4, -0.2) is 23.9 Å². The van der Waals surface area contributed by atoms with Crippen molar-refractivity contribution in [3.8, 4) is 0 Å². The van der Waals surface area contributed by atoms with Crippen molar-refractivity contribution >= 4 is 40.8 Å². The molecule has 2 saturated carbocycles. The Morgan fingerprint density at radius 2 is 1.93 bits per heavy atom. The molecule has 2 aliphatic carbocycles. The lowest BCUT2D eigenvalue weighted by atomic mass is 9.79. The number of ether oxygens (including phenoxy) is 1. The van der Waals surface area contributed by atoms with Gasteiger partial charge in [0.25, 0.3) is 5.91 Å². The molecule has 2 aromatic rings. The lowest BCUT2D eigenvalue weighted by molar-refractivity contribution is -0.145. The van der Waals surface area contributed by atoms with Crippen molar-refractivity contribution in [1.82, 2.24) is 0 Å². The average molecular weight is 425 g/mol. The minimum Gasteiger partial charge on any atom is -0.462 e. The lowest BCUT2D eigenvalue weighted by Gasteiger charge is -2.23. The van der Waals surface area contributed by atoms with Gasteiger partial charge in [0.1, 0.15) is 6.10 Å². The zero-order chi connectivity index (χ0) is 21.0. The second-order valence-corrected chi connectivity index (χ2v) is 8.84. The van der Waals surface area contributed by atoms with Crippen LogP contribution in [0, 0.1) is 30.6 Å². The Hall–Kier alpha value is -2.86. The van der Waals surface area contributed by atoms with Crippen molar-refractivity contribution in [2.24, 2.45) is 23.7 Å². The van der Waals surface area contributed by atoms with Gasteiger partial charge in [0.15, 0.2) is 0 Å². The molecule has 154 valence electrons. The van der Waals surface area contributed by atoms with E-state index >= 15 is 0 Å². The number of rotatable bonds is 4. The molecule has 1 aliphatic heterocycles. The number of nitrogens with one attached hydrogen (secondary N) is 2. The van der Waals surface area contributed by atoms with Gasteiger partial charge in [-0.1, -0.05) is 23.7 Å². The Balaban J connectivity index is 1.30. The summed E-state index contributed by atoms with van der Waals surface area (Å²) in [4.78, 5) is 37.8. The Bertz CT molecular complexity index is 1070. The van der Waals surface area contributed by atoms with E-state index in [0.717, 1.165) is 18.4 Å². The minimum atomic E-state index is -0.354. The standard InChI is InChI=1S/C23H21ClN2O4/c1-11-5-6-14(24)10-17(11)26-21(27)12-3-2-4-15(7-12)25-22(28)19-13-8-16-18(9-13)30-23(29)20(16)19/h2-7,10,13,16,18-20H,8-9H2,1H3,(H,25,28)(H,26,27)/t13-,16+,18-,19-,20+/m1/s1. The number of aryl methyl sites for hydroxylation is 1. The Morgan fingerprint density at radius 1 is 1.10 bits per heavy atom. The van der Waals surface area contributed by atoms with Crippen molar-refractivity contribution in [3.63, 3.8) is 0 Å². The van der Waals surface area contributed by atoms with Gasteiger partial charge in [0.2, 0.25) is 5.91 Å². The van der Waals surface area contributed by atoms with Crippen molar-refractivity contribution in [2.75, 3.05) is 10.6 Å². The fourth-order valence-electron chi connectivity index (χ4n) is 5.25. The van der Waals surface area contributed by atoms with Crippen molar-refractivity contribution < 1.29 is 19.1 Å². The van der Waals surface area contributed by atoms with Crippen LogP contribution in [-0.2, 0) is 14.3 Å². The number of halogens is 1. The summed E-state index contributed by atoms with van der Waals surface area (Å²) >= 11 is 6.02. The van der Waals surface area contributed by atoms with Gasteiger partial charge in [-0.25, -0.2) is 0 Å². The third-order valence-corrected chi connectivity index (χ3v) is 6.86. The number of amides is 2. The third kappa shape index (κ3) is 3.16. The number of anilines is 2. The van der Waals surface area contributed by atoms with Gasteiger partial charge in [0.05, 0.1) is 11.8 Å². The zero-order valence-corrected chi connectivity index (χ0v) is 17.1. The Kier molecular flexibility index (Phi) is 4.54. The molecule has 2 aromatic carbocycles. The number of carbonyl (C=O) groups excluding carboxylic acids is 3. The van der Waals surface area contributed by atoms with Crippen LogP contribution in [0.15, 0.2) is 42.5 Å². The van der Waals surface area contributed by atoms with Gasteiger partial charge >= 0.3 is 5.97 Å². The number of carbonyl (C=O) groups is 3. The predicted octanol–water partition coefficient (Wildman–Crippen LogP) is 4.04. The maximum absolute atomic E-state index is 13.0. The Labute approximate surface area is 178 Å². The maximum atomic E-state index is 13.0. The van der Waals surface area contributed by atoms with Crippen LogP contribution >= 0.6 is 11.6 Å². The van der Waals surface area contributed by atoms with E-state index in [-0.39, 0.29) is 47.6 Å². The highest BCUT2D eigenvalue weighted by Crippen LogP contribution is 2.57. The van der Waals surface area contributed by atoms with Crippen LogP contribution in [0.4, 0.5) is 11.4 Å². The molecule has 5 rings (SSSR count). The highest BCUT2D eigenvalue weighted by Gasteiger charge is 2.63. The first-order chi connectivity index (χ1) is 14.4. The molecule has 2 bridgehead atoms. The predicted molar refractivity (Wildman–Crippen MR) is 112 cm³/mol. The molecule has 2 amide bonds. The SMILES string of the molecule is Cc1ccc(Cl)cc1NC(=O)c1cccc(NC(=O)[C@@H]2[C@@H]3C[C@@H]4[C@@H]2C(=O)O[C@@H]4C3)c1. The molecular formula is C23H21ClN2O4. The molecule has 0 radical (unpaired) electrons. The molecule has 6 nitrogen and oxygen atoms in total. The van der Waals surface area contributed by atoms with Crippen LogP contribution in [0.5, 0.6) is 0 Å². The summed E-state index contributed by atoms with van der Waals surface area (Å²) in [5, 5.41) is 6.30. The molecular weight excluding hydrogens is 404 g/mol. The summed E-state index contributed by atoms with van der Waals surface area (Å²) < 4.78 is 5.41. The molecule has 1 saturated heterocycles. The molecule has 0 unspecified atom stereocenters. The van der Waals surface area contributed by atoms with E-state index in [1.807, 2.05) is 13.0 Å².